The SMILES string of the molecule is NC(=O)[C@H]1CCCN(c2ccc(Br)cc2[N+](=O)[O-])C1. The molecular formula is C12H14BrN3O3. The van der Waals surface area contributed by atoms with Crippen LogP contribution in [0.2, 0.25) is 0 Å². The summed E-state index contributed by atoms with van der Waals surface area (Å²) in [6.45, 7) is 1.14. The second-order valence-electron chi connectivity index (χ2n) is 4.58. The second-order valence-corrected chi connectivity index (χ2v) is 5.49. The van der Waals surface area contributed by atoms with E-state index in [0.29, 0.717) is 23.2 Å². The second kappa shape index (κ2) is 5.56. The number of primary amides is 1. The van der Waals surface area contributed by atoms with Crippen LogP contribution in [0.25, 0.3) is 0 Å². The van der Waals surface area contributed by atoms with Crippen molar-refractivity contribution in [2.75, 3.05) is 18.0 Å². The zero-order valence-electron chi connectivity index (χ0n) is 10.2. The topological polar surface area (TPSA) is 89.5 Å². The Hall–Kier alpha value is -1.63. The van der Waals surface area contributed by atoms with Crippen LogP contribution in [0.15, 0.2) is 22.7 Å². The van der Waals surface area contributed by atoms with Crippen molar-refractivity contribution in [1.82, 2.24) is 0 Å². The minimum atomic E-state index is -0.409. The molecule has 19 heavy (non-hydrogen) atoms. The number of nitrogens with two attached hydrogens (primary N) is 1. The van der Waals surface area contributed by atoms with Gasteiger partial charge in [-0.1, -0.05) is 15.9 Å². The first-order chi connectivity index (χ1) is 8.99. The number of amides is 1. The maximum Gasteiger partial charge on any atom is 0.293 e. The summed E-state index contributed by atoms with van der Waals surface area (Å²) >= 11 is 3.23. The third kappa shape index (κ3) is 3.04. The standard InChI is InChI=1S/C12H14BrN3O3/c13-9-3-4-10(11(6-9)16(18)19)15-5-1-2-8(7-15)12(14)17/h3-4,6,8H,1-2,5,7H2,(H2,14,17)/t8-/m0/s1. The Kier molecular flexibility index (Phi) is 4.04. The normalized spacial score (nSPS) is 19.2. The number of anilines is 1. The van der Waals surface area contributed by atoms with Gasteiger partial charge in [0, 0.05) is 23.6 Å². The Balaban J connectivity index is 2.30. The van der Waals surface area contributed by atoms with E-state index in [4.69, 9.17) is 5.73 Å². The largest absolute Gasteiger partial charge is 0.369 e. The first-order valence-corrected chi connectivity index (χ1v) is 6.76. The summed E-state index contributed by atoms with van der Waals surface area (Å²) in [5, 5.41) is 11.1. The molecule has 6 nitrogen and oxygen atoms in total. The molecule has 0 saturated carbocycles. The smallest absolute Gasteiger partial charge is 0.293 e. The fraction of sp³-hybridized carbons (Fsp3) is 0.417. The summed E-state index contributed by atoms with van der Waals surface area (Å²) in [6.07, 6.45) is 1.55. The van der Waals surface area contributed by atoms with Crippen LogP contribution in [0.1, 0.15) is 12.8 Å². The highest BCUT2D eigenvalue weighted by atomic mass is 79.9. The van der Waals surface area contributed by atoms with Crippen LogP contribution in [0.4, 0.5) is 11.4 Å². The number of hydrogen-bond acceptors (Lipinski definition) is 4. The lowest BCUT2D eigenvalue weighted by atomic mass is 9.97. The first kappa shape index (κ1) is 13.8. The van der Waals surface area contributed by atoms with Gasteiger partial charge in [-0.25, -0.2) is 0 Å². The van der Waals surface area contributed by atoms with Crippen molar-refractivity contribution in [3.05, 3.63) is 32.8 Å². The molecule has 7 heteroatoms. The van der Waals surface area contributed by atoms with Crippen LogP contribution in [0, 0.1) is 16.0 Å². The molecule has 0 radical (unpaired) electrons. The number of rotatable bonds is 3. The molecule has 1 amide bonds. The number of benzene rings is 1. The van der Waals surface area contributed by atoms with Crippen LogP contribution >= 0.6 is 15.9 Å². The van der Waals surface area contributed by atoms with Crippen LogP contribution < -0.4 is 10.6 Å². The van der Waals surface area contributed by atoms with Gasteiger partial charge in [0.15, 0.2) is 0 Å². The van der Waals surface area contributed by atoms with Gasteiger partial charge in [0.05, 0.1) is 10.8 Å². The van der Waals surface area contributed by atoms with Crippen molar-refractivity contribution >= 4 is 33.2 Å². The van der Waals surface area contributed by atoms with Gasteiger partial charge in [-0.15, -0.1) is 0 Å². The quantitative estimate of drug-likeness (QED) is 0.679. The molecule has 1 aromatic carbocycles. The Morgan fingerprint density at radius 3 is 2.89 bits per heavy atom. The van der Waals surface area contributed by atoms with E-state index >= 15 is 0 Å². The number of nitro benzene ring substituents is 1. The molecule has 1 fully saturated rings. The lowest BCUT2D eigenvalue weighted by Gasteiger charge is -2.32. The Bertz CT molecular complexity index is 521. The number of carbonyl (C=O) groups is 1. The molecule has 1 heterocycles. The van der Waals surface area contributed by atoms with Crippen molar-refractivity contribution in [3.63, 3.8) is 0 Å². The molecule has 0 aliphatic carbocycles. The summed E-state index contributed by atoms with van der Waals surface area (Å²) in [5.74, 6) is -0.582. The number of halogens is 1. The number of carbonyl (C=O) groups excluding carboxylic acids is 1. The Morgan fingerprint density at radius 2 is 2.26 bits per heavy atom. The van der Waals surface area contributed by atoms with Gasteiger partial charge >= 0.3 is 0 Å². The minimum Gasteiger partial charge on any atom is -0.369 e. The lowest BCUT2D eigenvalue weighted by Crippen LogP contribution is -2.41. The van der Waals surface area contributed by atoms with Crippen LogP contribution in [-0.4, -0.2) is 23.9 Å². The summed E-state index contributed by atoms with van der Waals surface area (Å²) in [5.41, 5.74) is 5.90. The number of hydrogen-bond donors (Lipinski definition) is 1. The number of nitrogens with zero attached hydrogens (tertiary/aromatic N) is 2. The number of piperidine rings is 1. The summed E-state index contributed by atoms with van der Waals surface area (Å²) < 4.78 is 0.659. The molecular weight excluding hydrogens is 314 g/mol. The monoisotopic (exact) mass is 327 g/mol. The summed E-state index contributed by atoms with van der Waals surface area (Å²) in [4.78, 5) is 23.8. The zero-order chi connectivity index (χ0) is 14.0. The van der Waals surface area contributed by atoms with E-state index < -0.39 is 4.92 Å². The minimum absolute atomic E-state index is 0.0412. The van der Waals surface area contributed by atoms with E-state index in [9.17, 15) is 14.9 Å². The highest BCUT2D eigenvalue weighted by molar-refractivity contribution is 9.10. The van der Waals surface area contributed by atoms with Gasteiger partial charge in [0.25, 0.3) is 5.69 Å². The highest BCUT2D eigenvalue weighted by Crippen LogP contribution is 2.33. The van der Waals surface area contributed by atoms with Crippen molar-refractivity contribution in [1.29, 1.82) is 0 Å². The molecule has 1 aliphatic rings. The Labute approximate surface area is 118 Å². The Morgan fingerprint density at radius 1 is 1.53 bits per heavy atom. The van der Waals surface area contributed by atoms with E-state index in [-0.39, 0.29) is 17.5 Å². The average molecular weight is 328 g/mol. The van der Waals surface area contributed by atoms with Gasteiger partial charge < -0.3 is 10.6 Å². The van der Waals surface area contributed by atoms with Gasteiger partial charge in [-0.3, -0.25) is 14.9 Å². The molecule has 1 aromatic rings. The molecule has 1 aliphatic heterocycles. The van der Waals surface area contributed by atoms with Crippen LogP contribution in [0.5, 0.6) is 0 Å². The van der Waals surface area contributed by atoms with Crippen molar-refractivity contribution in [2.24, 2.45) is 11.7 Å². The molecule has 0 spiro atoms. The van der Waals surface area contributed by atoms with E-state index in [1.807, 2.05) is 4.90 Å². The molecule has 0 aromatic heterocycles. The summed E-state index contributed by atoms with van der Waals surface area (Å²) in [6, 6.07) is 4.94. The number of nitro groups is 1. The zero-order valence-corrected chi connectivity index (χ0v) is 11.8. The van der Waals surface area contributed by atoms with Crippen LogP contribution in [0.3, 0.4) is 0 Å². The average Bonchev–Trinajstić information content (AvgIpc) is 2.38. The van der Waals surface area contributed by atoms with Gasteiger partial charge in [-0.2, -0.15) is 0 Å². The van der Waals surface area contributed by atoms with E-state index in [2.05, 4.69) is 15.9 Å². The third-order valence-electron chi connectivity index (χ3n) is 3.30. The maximum absolute atomic E-state index is 11.3. The van der Waals surface area contributed by atoms with Gasteiger partial charge in [-0.05, 0) is 25.0 Å². The predicted molar refractivity (Wildman–Crippen MR) is 74.9 cm³/mol. The molecule has 2 N–H and O–H groups in total. The van der Waals surface area contributed by atoms with E-state index in [0.717, 1.165) is 12.8 Å². The van der Waals surface area contributed by atoms with E-state index in [1.54, 1.807) is 12.1 Å². The van der Waals surface area contributed by atoms with Gasteiger partial charge in [0.1, 0.15) is 5.69 Å². The predicted octanol–water partition coefficient (Wildman–Crippen LogP) is 2.06. The highest BCUT2D eigenvalue weighted by Gasteiger charge is 2.28. The van der Waals surface area contributed by atoms with Crippen molar-refractivity contribution in [2.45, 2.75) is 12.8 Å². The van der Waals surface area contributed by atoms with Gasteiger partial charge in [0.2, 0.25) is 5.91 Å². The molecule has 2 rings (SSSR count). The third-order valence-corrected chi connectivity index (χ3v) is 3.79. The van der Waals surface area contributed by atoms with E-state index in [1.165, 1.54) is 6.07 Å². The fourth-order valence-electron chi connectivity index (χ4n) is 2.34. The first-order valence-electron chi connectivity index (χ1n) is 5.97. The molecule has 102 valence electrons. The molecule has 0 unspecified atom stereocenters. The molecule has 1 atom stereocenters. The lowest BCUT2D eigenvalue weighted by molar-refractivity contribution is -0.384. The van der Waals surface area contributed by atoms with Crippen molar-refractivity contribution in [3.8, 4) is 0 Å². The summed E-state index contributed by atoms with van der Waals surface area (Å²) in [7, 11) is 0. The van der Waals surface area contributed by atoms with Crippen molar-refractivity contribution < 1.29 is 9.72 Å². The fourth-order valence-corrected chi connectivity index (χ4v) is 2.69. The molecule has 0 bridgehead atoms. The van der Waals surface area contributed by atoms with Crippen LogP contribution in [-0.2, 0) is 4.79 Å². The maximum atomic E-state index is 11.3. The molecule has 1 saturated heterocycles.